The van der Waals surface area contributed by atoms with Gasteiger partial charge in [-0.1, -0.05) is 11.6 Å². The molecule has 2 heterocycles. The monoisotopic (exact) mass is 303 g/mol. The molecule has 3 rings (SSSR count). The highest BCUT2D eigenvalue weighted by Crippen LogP contribution is 2.32. The average molecular weight is 304 g/mol. The van der Waals surface area contributed by atoms with Crippen molar-refractivity contribution >= 4 is 23.3 Å². The van der Waals surface area contributed by atoms with Crippen molar-refractivity contribution in [3.05, 3.63) is 53.3 Å². The maximum Gasteiger partial charge on any atom is 0.322 e. The lowest BCUT2D eigenvalue weighted by atomic mass is 10.1. The van der Waals surface area contributed by atoms with Crippen LogP contribution in [-0.4, -0.2) is 22.0 Å². The molecule has 1 aliphatic heterocycles. The Morgan fingerprint density at radius 3 is 2.71 bits per heavy atom. The zero-order valence-corrected chi connectivity index (χ0v) is 12.7. The van der Waals surface area contributed by atoms with Crippen LogP contribution in [-0.2, 0) is 7.05 Å². The number of likely N-dealkylation sites (tertiary alicyclic amines) is 1. The molecular formula is C16H18ClN3O. The van der Waals surface area contributed by atoms with E-state index in [1.807, 2.05) is 36.3 Å². The highest BCUT2D eigenvalue weighted by atomic mass is 35.5. The fourth-order valence-electron chi connectivity index (χ4n) is 2.87. The Hall–Kier alpha value is -1.94. The number of anilines is 1. The minimum atomic E-state index is -0.0546. The number of urea groups is 1. The van der Waals surface area contributed by atoms with Crippen molar-refractivity contribution < 1.29 is 4.79 Å². The minimum Gasteiger partial charge on any atom is -0.353 e. The van der Waals surface area contributed by atoms with Gasteiger partial charge in [0.25, 0.3) is 0 Å². The topological polar surface area (TPSA) is 37.3 Å². The van der Waals surface area contributed by atoms with Crippen LogP contribution in [0.25, 0.3) is 0 Å². The van der Waals surface area contributed by atoms with E-state index in [4.69, 9.17) is 11.6 Å². The third-order valence-corrected chi connectivity index (χ3v) is 4.19. The number of nitrogens with one attached hydrogen (secondary N) is 1. The highest BCUT2D eigenvalue weighted by molar-refractivity contribution is 6.30. The molecule has 0 radical (unpaired) electrons. The Kier molecular flexibility index (Phi) is 3.88. The molecule has 0 bridgehead atoms. The Morgan fingerprint density at radius 2 is 2.05 bits per heavy atom. The maximum absolute atomic E-state index is 12.5. The van der Waals surface area contributed by atoms with E-state index >= 15 is 0 Å². The molecule has 1 aromatic carbocycles. The Labute approximate surface area is 129 Å². The van der Waals surface area contributed by atoms with E-state index in [-0.39, 0.29) is 12.1 Å². The van der Waals surface area contributed by atoms with Gasteiger partial charge in [-0.2, -0.15) is 0 Å². The molecule has 2 amide bonds. The highest BCUT2D eigenvalue weighted by Gasteiger charge is 2.31. The van der Waals surface area contributed by atoms with Crippen molar-refractivity contribution in [2.75, 3.05) is 11.9 Å². The van der Waals surface area contributed by atoms with Crippen LogP contribution < -0.4 is 5.32 Å². The first-order valence-electron chi connectivity index (χ1n) is 7.09. The fourth-order valence-corrected chi connectivity index (χ4v) is 2.99. The van der Waals surface area contributed by atoms with Crippen LogP contribution in [0.4, 0.5) is 10.5 Å². The number of nitrogens with zero attached hydrogens (tertiary/aromatic N) is 2. The van der Waals surface area contributed by atoms with E-state index in [1.54, 1.807) is 12.1 Å². The van der Waals surface area contributed by atoms with E-state index in [0.29, 0.717) is 5.02 Å². The van der Waals surface area contributed by atoms with Gasteiger partial charge in [-0.25, -0.2) is 4.79 Å². The second-order valence-corrected chi connectivity index (χ2v) is 5.77. The second kappa shape index (κ2) is 5.82. The summed E-state index contributed by atoms with van der Waals surface area (Å²) in [6.07, 6.45) is 4.05. The van der Waals surface area contributed by atoms with Gasteiger partial charge >= 0.3 is 6.03 Å². The van der Waals surface area contributed by atoms with Crippen LogP contribution in [0.1, 0.15) is 24.6 Å². The van der Waals surface area contributed by atoms with E-state index in [0.717, 1.165) is 25.1 Å². The van der Waals surface area contributed by atoms with Crippen LogP contribution in [0.3, 0.4) is 0 Å². The Bertz CT molecular complexity index is 635. The smallest absolute Gasteiger partial charge is 0.322 e. The van der Waals surface area contributed by atoms with Crippen LogP contribution in [0.2, 0.25) is 5.02 Å². The fraction of sp³-hybridized carbons (Fsp3) is 0.312. The summed E-state index contributed by atoms with van der Waals surface area (Å²) in [5, 5.41) is 3.60. The van der Waals surface area contributed by atoms with Gasteiger partial charge in [0.05, 0.1) is 6.04 Å². The molecule has 1 saturated heterocycles. The SMILES string of the molecule is Cn1cccc1C1CCCN1C(=O)Nc1ccc(Cl)cc1. The van der Waals surface area contributed by atoms with E-state index in [9.17, 15) is 4.79 Å². The number of rotatable bonds is 2. The molecule has 1 aromatic heterocycles. The number of carbonyl (C=O) groups excluding carboxylic acids is 1. The summed E-state index contributed by atoms with van der Waals surface area (Å²) in [5.74, 6) is 0. The summed E-state index contributed by atoms with van der Waals surface area (Å²) in [5.41, 5.74) is 1.95. The van der Waals surface area contributed by atoms with Crippen molar-refractivity contribution in [1.29, 1.82) is 0 Å². The summed E-state index contributed by atoms with van der Waals surface area (Å²) in [6, 6.07) is 11.4. The Balaban J connectivity index is 1.74. The van der Waals surface area contributed by atoms with Gasteiger partial charge in [0.2, 0.25) is 0 Å². The first-order chi connectivity index (χ1) is 10.1. The predicted octanol–water partition coefficient (Wildman–Crippen LogP) is 4.05. The molecule has 1 fully saturated rings. The van der Waals surface area contributed by atoms with Gasteiger partial charge in [-0.05, 0) is 49.2 Å². The predicted molar refractivity (Wildman–Crippen MR) is 84.6 cm³/mol. The van der Waals surface area contributed by atoms with Gasteiger partial charge in [-0.15, -0.1) is 0 Å². The van der Waals surface area contributed by atoms with Gasteiger partial charge in [0.15, 0.2) is 0 Å². The van der Waals surface area contributed by atoms with Crippen LogP contribution in [0.15, 0.2) is 42.6 Å². The van der Waals surface area contributed by atoms with Gasteiger partial charge in [0.1, 0.15) is 0 Å². The lowest BCUT2D eigenvalue weighted by molar-refractivity contribution is 0.205. The van der Waals surface area contributed by atoms with Crippen molar-refractivity contribution in [3.8, 4) is 0 Å². The summed E-state index contributed by atoms with van der Waals surface area (Å²) in [6.45, 7) is 0.787. The van der Waals surface area contributed by atoms with Gasteiger partial charge in [0, 0.05) is 36.2 Å². The summed E-state index contributed by atoms with van der Waals surface area (Å²) in [7, 11) is 2.02. The lowest BCUT2D eigenvalue weighted by Gasteiger charge is -2.25. The largest absolute Gasteiger partial charge is 0.353 e. The van der Waals surface area contributed by atoms with Crippen LogP contribution in [0, 0.1) is 0 Å². The first kappa shape index (κ1) is 14.0. The zero-order valence-electron chi connectivity index (χ0n) is 11.9. The first-order valence-corrected chi connectivity index (χ1v) is 7.47. The van der Waals surface area contributed by atoms with Crippen LogP contribution >= 0.6 is 11.6 Å². The molecule has 5 heteroatoms. The molecule has 0 spiro atoms. The molecule has 1 atom stereocenters. The molecule has 1 unspecified atom stereocenters. The van der Waals surface area contributed by atoms with Crippen molar-refractivity contribution in [2.45, 2.75) is 18.9 Å². The van der Waals surface area contributed by atoms with Crippen molar-refractivity contribution in [3.63, 3.8) is 0 Å². The lowest BCUT2D eigenvalue weighted by Crippen LogP contribution is -2.35. The van der Waals surface area contributed by atoms with E-state index < -0.39 is 0 Å². The molecule has 21 heavy (non-hydrogen) atoms. The van der Waals surface area contributed by atoms with Crippen molar-refractivity contribution in [2.24, 2.45) is 7.05 Å². The molecule has 1 N–H and O–H groups in total. The van der Waals surface area contributed by atoms with E-state index in [2.05, 4.69) is 16.0 Å². The van der Waals surface area contributed by atoms with Crippen molar-refractivity contribution in [1.82, 2.24) is 9.47 Å². The normalized spacial score (nSPS) is 18.0. The minimum absolute atomic E-state index is 0.0546. The number of halogens is 1. The Morgan fingerprint density at radius 1 is 1.29 bits per heavy atom. The number of benzene rings is 1. The molecular weight excluding hydrogens is 286 g/mol. The number of hydrogen-bond acceptors (Lipinski definition) is 1. The number of aromatic nitrogens is 1. The standard InChI is InChI=1S/C16H18ClN3O/c1-19-10-2-4-14(19)15-5-3-11-20(15)16(21)18-13-8-6-12(17)7-9-13/h2,4,6-10,15H,3,5,11H2,1H3,(H,18,21). The number of amides is 2. The second-order valence-electron chi connectivity index (χ2n) is 5.33. The summed E-state index contributed by atoms with van der Waals surface area (Å²) in [4.78, 5) is 14.4. The maximum atomic E-state index is 12.5. The quantitative estimate of drug-likeness (QED) is 0.893. The van der Waals surface area contributed by atoms with E-state index in [1.165, 1.54) is 5.69 Å². The summed E-state index contributed by atoms with van der Waals surface area (Å²) < 4.78 is 2.08. The number of aryl methyl sites for hydroxylation is 1. The molecule has 2 aromatic rings. The molecule has 1 aliphatic rings. The molecule has 4 nitrogen and oxygen atoms in total. The molecule has 0 saturated carbocycles. The third kappa shape index (κ3) is 2.90. The van der Waals surface area contributed by atoms with Gasteiger partial charge in [-0.3, -0.25) is 0 Å². The molecule has 110 valence electrons. The van der Waals surface area contributed by atoms with Crippen LogP contribution in [0.5, 0.6) is 0 Å². The number of hydrogen-bond donors (Lipinski definition) is 1. The average Bonchev–Trinajstić information content (AvgIpc) is 3.09. The van der Waals surface area contributed by atoms with Gasteiger partial charge < -0.3 is 14.8 Å². The summed E-state index contributed by atoms with van der Waals surface area (Å²) >= 11 is 5.86. The third-order valence-electron chi connectivity index (χ3n) is 3.93. The number of carbonyl (C=O) groups is 1. The zero-order chi connectivity index (χ0) is 14.8. The molecule has 0 aliphatic carbocycles.